The minimum atomic E-state index is -4.00. The van der Waals surface area contributed by atoms with Crippen LogP contribution in [0.4, 0.5) is 10.1 Å². The maximum atomic E-state index is 13.7. The fourth-order valence-corrected chi connectivity index (χ4v) is 3.54. The van der Waals surface area contributed by atoms with Gasteiger partial charge in [-0.2, -0.15) is 0 Å². The van der Waals surface area contributed by atoms with Crippen molar-refractivity contribution in [3.8, 4) is 0 Å². The van der Waals surface area contributed by atoms with E-state index in [1.807, 2.05) is 0 Å². The molecule has 0 atom stereocenters. The van der Waals surface area contributed by atoms with Gasteiger partial charge in [-0.25, -0.2) is 12.8 Å². The number of halogens is 1. The summed E-state index contributed by atoms with van der Waals surface area (Å²) in [5, 5.41) is 2.71. The predicted molar refractivity (Wildman–Crippen MR) is 107 cm³/mol. The summed E-state index contributed by atoms with van der Waals surface area (Å²) >= 11 is 0. The number of nitrogens with one attached hydrogen (secondary N) is 2. The third-order valence-electron chi connectivity index (χ3n) is 4.15. The molecule has 2 aromatic rings. The largest absolute Gasteiger partial charge is 0.469 e. The molecule has 0 aliphatic carbocycles. The first-order valence-electron chi connectivity index (χ1n) is 8.97. The molecule has 0 fully saturated rings. The standard InChI is InChI=1S/C20H23FN2O5S/c1-14-9-10-17(13-18(14)21)29(26,27)23-16-7-5-6-15(12-16)20(25)22-11-4-3-8-19(24)28-2/h5-7,9-10,12-13,23H,3-4,8,11H2,1-2H3,(H,22,25). The van der Waals surface area contributed by atoms with Crippen LogP contribution in [0.3, 0.4) is 0 Å². The lowest BCUT2D eigenvalue weighted by atomic mass is 10.2. The molecule has 2 aromatic carbocycles. The van der Waals surface area contributed by atoms with E-state index in [1.165, 1.54) is 38.3 Å². The van der Waals surface area contributed by atoms with Crippen molar-refractivity contribution in [3.63, 3.8) is 0 Å². The normalized spacial score (nSPS) is 11.0. The van der Waals surface area contributed by atoms with E-state index in [0.717, 1.165) is 6.07 Å². The van der Waals surface area contributed by atoms with E-state index >= 15 is 0 Å². The minimum Gasteiger partial charge on any atom is -0.469 e. The molecule has 0 radical (unpaired) electrons. The molecule has 7 nitrogen and oxygen atoms in total. The van der Waals surface area contributed by atoms with E-state index in [4.69, 9.17) is 0 Å². The van der Waals surface area contributed by atoms with Crippen molar-refractivity contribution in [3.05, 3.63) is 59.4 Å². The van der Waals surface area contributed by atoms with Gasteiger partial charge in [0.15, 0.2) is 0 Å². The van der Waals surface area contributed by atoms with Gasteiger partial charge in [0.25, 0.3) is 15.9 Å². The number of hydrogen-bond acceptors (Lipinski definition) is 5. The summed E-state index contributed by atoms with van der Waals surface area (Å²) in [6.07, 6.45) is 1.47. The Labute approximate surface area is 169 Å². The molecule has 0 aromatic heterocycles. The Morgan fingerprint density at radius 2 is 1.86 bits per heavy atom. The maximum absolute atomic E-state index is 13.7. The van der Waals surface area contributed by atoms with Gasteiger partial charge in [-0.3, -0.25) is 14.3 Å². The number of methoxy groups -OCH3 is 1. The van der Waals surface area contributed by atoms with Crippen LogP contribution in [0.2, 0.25) is 0 Å². The molecule has 29 heavy (non-hydrogen) atoms. The fourth-order valence-electron chi connectivity index (χ4n) is 2.48. The van der Waals surface area contributed by atoms with E-state index in [-0.39, 0.29) is 34.4 Å². The van der Waals surface area contributed by atoms with Gasteiger partial charge >= 0.3 is 5.97 Å². The van der Waals surface area contributed by atoms with Crippen LogP contribution >= 0.6 is 0 Å². The van der Waals surface area contributed by atoms with E-state index in [9.17, 15) is 22.4 Å². The number of rotatable bonds is 9. The van der Waals surface area contributed by atoms with Crippen molar-refractivity contribution in [2.75, 3.05) is 18.4 Å². The topological polar surface area (TPSA) is 102 Å². The number of benzene rings is 2. The summed E-state index contributed by atoms with van der Waals surface area (Å²) in [6.45, 7) is 1.91. The van der Waals surface area contributed by atoms with Gasteiger partial charge in [0, 0.05) is 24.2 Å². The smallest absolute Gasteiger partial charge is 0.305 e. The van der Waals surface area contributed by atoms with Gasteiger partial charge in [0.1, 0.15) is 5.82 Å². The molecule has 0 heterocycles. The van der Waals surface area contributed by atoms with Crippen molar-refractivity contribution in [2.45, 2.75) is 31.1 Å². The Kier molecular flexibility index (Phi) is 7.72. The number of amides is 1. The van der Waals surface area contributed by atoms with Crippen LogP contribution in [0, 0.1) is 12.7 Å². The molecular formula is C20H23FN2O5S. The van der Waals surface area contributed by atoms with E-state index in [0.29, 0.717) is 24.9 Å². The summed E-state index contributed by atoms with van der Waals surface area (Å²) in [5.74, 6) is -1.29. The minimum absolute atomic E-state index is 0.185. The molecule has 0 aliphatic heterocycles. The highest BCUT2D eigenvalue weighted by molar-refractivity contribution is 7.92. The van der Waals surface area contributed by atoms with Crippen LogP contribution in [0.15, 0.2) is 47.4 Å². The first-order chi connectivity index (χ1) is 13.7. The van der Waals surface area contributed by atoms with Crippen LogP contribution in [0.25, 0.3) is 0 Å². The number of anilines is 1. The number of sulfonamides is 1. The lowest BCUT2D eigenvalue weighted by molar-refractivity contribution is -0.140. The first kappa shape index (κ1) is 22.4. The highest BCUT2D eigenvalue weighted by Gasteiger charge is 2.16. The molecule has 0 spiro atoms. The lowest BCUT2D eigenvalue weighted by Gasteiger charge is -2.10. The van der Waals surface area contributed by atoms with Crippen LogP contribution in [-0.4, -0.2) is 33.9 Å². The average molecular weight is 422 g/mol. The van der Waals surface area contributed by atoms with Gasteiger partial charge < -0.3 is 10.1 Å². The molecule has 1 amide bonds. The van der Waals surface area contributed by atoms with Crippen LogP contribution in [-0.2, 0) is 19.6 Å². The van der Waals surface area contributed by atoms with Crippen molar-refractivity contribution in [1.82, 2.24) is 5.32 Å². The molecule has 0 bridgehead atoms. The Morgan fingerprint density at radius 1 is 1.10 bits per heavy atom. The first-order valence-corrected chi connectivity index (χ1v) is 10.5. The van der Waals surface area contributed by atoms with E-state index < -0.39 is 15.8 Å². The zero-order valence-corrected chi connectivity index (χ0v) is 17.0. The van der Waals surface area contributed by atoms with Crippen molar-refractivity contribution < 1.29 is 27.1 Å². The summed E-state index contributed by atoms with van der Waals surface area (Å²) < 4.78 is 45.5. The van der Waals surface area contributed by atoms with Gasteiger partial charge in [0.2, 0.25) is 0 Å². The molecule has 156 valence electrons. The number of ether oxygens (including phenoxy) is 1. The molecule has 0 saturated heterocycles. The Balaban J connectivity index is 1.98. The van der Waals surface area contributed by atoms with Gasteiger partial charge in [0.05, 0.1) is 12.0 Å². The predicted octanol–water partition coefficient (Wildman–Crippen LogP) is 3.01. The average Bonchev–Trinajstić information content (AvgIpc) is 2.69. The second-order valence-corrected chi connectivity index (χ2v) is 8.07. The summed E-state index contributed by atoms with van der Waals surface area (Å²) in [7, 11) is -2.68. The third kappa shape index (κ3) is 6.56. The van der Waals surface area contributed by atoms with E-state index in [2.05, 4.69) is 14.8 Å². The summed E-state index contributed by atoms with van der Waals surface area (Å²) in [5.41, 5.74) is 0.798. The number of aryl methyl sites for hydroxylation is 1. The zero-order chi connectivity index (χ0) is 21.4. The maximum Gasteiger partial charge on any atom is 0.305 e. The Hall–Kier alpha value is -2.94. The van der Waals surface area contributed by atoms with Crippen molar-refractivity contribution >= 4 is 27.6 Å². The molecule has 0 saturated carbocycles. The Bertz CT molecular complexity index is 992. The fraction of sp³-hybridized carbons (Fsp3) is 0.300. The quantitative estimate of drug-likeness (QED) is 0.478. The summed E-state index contributed by atoms with van der Waals surface area (Å²) in [6, 6.07) is 9.62. The third-order valence-corrected chi connectivity index (χ3v) is 5.53. The van der Waals surface area contributed by atoms with Crippen LogP contribution in [0.1, 0.15) is 35.2 Å². The number of carbonyl (C=O) groups excluding carboxylic acids is 2. The second kappa shape index (κ2) is 10.0. The number of unbranched alkanes of at least 4 members (excludes halogenated alkanes) is 1. The number of esters is 1. The highest BCUT2D eigenvalue weighted by atomic mass is 32.2. The molecule has 0 unspecified atom stereocenters. The van der Waals surface area contributed by atoms with Crippen LogP contribution in [0.5, 0.6) is 0 Å². The van der Waals surface area contributed by atoms with Gasteiger partial charge in [-0.1, -0.05) is 12.1 Å². The number of carbonyl (C=O) groups is 2. The highest BCUT2D eigenvalue weighted by Crippen LogP contribution is 2.19. The van der Waals surface area contributed by atoms with Crippen LogP contribution < -0.4 is 10.0 Å². The zero-order valence-electron chi connectivity index (χ0n) is 16.2. The van der Waals surface area contributed by atoms with Gasteiger partial charge in [-0.05, 0) is 55.7 Å². The SMILES string of the molecule is COC(=O)CCCCNC(=O)c1cccc(NS(=O)(=O)c2ccc(C)c(F)c2)c1. The lowest BCUT2D eigenvalue weighted by Crippen LogP contribution is -2.24. The van der Waals surface area contributed by atoms with Crippen molar-refractivity contribution in [2.24, 2.45) is 0 Å². The molecule has 2 rings (SSSR count). The number of hydrogen-bond donors (Lipinski definition) is 2. The summed E-state index contributed by atoms with van der Waals surface area (Å²) in [4.78, 5) is 23.1. The van der Waals surface area contributed by atoms with Gasteiger partial charge in [-0.15, -0.1) is 0 Å². The molecule has 9 heteroatoms. The van der Waals surface area contributed by atoms with Crippen molar-refractivity contribution in [1.29, 1.82) is 0 Å². The molecule has 2 N–H and O–H groups in total. The molecular weight excluding hydrogens is 399 g/mol. The Morgan fingerprint density at radius 3 is 2.55 bits per heavy atom. The van der Waals surface area contributed by atoms with E-state index in [1.54, 1.807) is 12.1 Å². The second-order valence-electron chi connectivity index (χ2n) is 6.39. The monoisotopic (exact) mass is 422 g/mol. The molecule has 0 aliphatic rings.